The molecule has 10 heteroatoms. The third-order valence-corrected chi connectivity index (χ3v) is 4.51. The Morgan fingerprint density at radius 3 is 1.91 bits per heavy atom. The van der Waals surface area contributed by atoms with Crippen molar-refractivity contribution in [2.24, 2.45) is 5.92 Å². The van der Waals surface area contributed by atoms with Crippen LogP contribution < -0.4 is 29.6 Å². The van der Waals surface area contributed by atoms with Gasteiger partial charge in [0.2, 0.25) is 11.7 Å². The summed E-state index contributed by atoms with van der Waals surface area (Å²) in [6.07, 6.45) is 0. The summed E-state index contributed by atoms with van der Waals surface area (Å²) < 4.78 is 44.6. The molecule has 0 aliphatic rings. The Hall–Kier alpha value is -3.56. The van der Waals surface area contributed by atoms with E-state index in [1.54, 1.807) is 13.8 Å². The largest absolute Gasteiger partial charge is 0.493 e. The molecule has 1 atom stereocenters. The highest BCUT2D eigenvalue weighted by atomic mass is 19.3. The maximum Gasteiger partial charge on any atom is 0.387 e. The number of anilines is 1. The fourth-order valence-electron chi connectivity index (χ4n) is 2.91. The minimum atomic E-state index is -2.94. The number of rotatable bonds is 10. The van der Waals surface area contributed by atoms with Gasteiger partial charge in [-0.05, 0) is 42.3 Å². The van der Waals surface area contributed by atoms with Gasteiger partial charge in [0.1, 0.15) is 11.8 Å². The second-order valence-corrected chi connectivity index (χ2v) is 7.00. The summed E-state index contributed by atoms with van der Waals surface area (Å²) in [6.45, 7) is 0.615. The Bertz CT molecular complexity index is 910. The number of hydrogen-bond donors (Lipinski definition) is 2. The summed E-state index contributed by atoms with van der Waals surface area (Å²) in [5.41, 5.74) is 0.579. The Balaban J connectivity index is 2.17. The molecule has 0 aliphatic carbocycles. The van der Waals surface area contributed by atoms with Crippen molar-refractivity contribution in [3.63, 3.8) is 0 Å². The van der Waals surface area contributed by atoms with Crippen LogP contribution in [0.1, 0.15) is 24.2 Å². The molecule has 0 heterocycles. The van der Waals surface area contributed by atoms with Crippen molar-refractivity contribution in [2.45, 2.75) is 26.5 Å². The second-order valence-electron chi connectivity index (χ2n) is 7.00. The van der Waals surface area contributed by atoms with Gasteiger partial charge < -0.3 is 29.6 Å². The Morgan fingerprint density at radius 2 is 1.47 bits per heavy atom. The number of amides is 2. The lowest BCUT2D eigenvalue weighted by Crippen LogP contribution is -2.47. The minimum absolute atomic E-state index is 0.0332. The van der Waals surface area contributed by atoms with Crippen molar-refractivity contribution in [1.82, 2.24) is 5.32 Å². The number of carbonyl (C=O) groups is 2. The van der Waals surface area contributed by atoms with Crippen molar-refractivity contribution in [1.29, 1.82) is 0 Å². The SMILES string of the molecule is COc1cc(C(=O)NC(C(=O)Nc2ccc(OC(F)F)cc2)C(C)C)cc(OC)c1OC. The fourth-order valence-corrected chi connectivity index (χ4v) is 2.91. The van der Waals surface area contributed by atoms with Crippen molar-refractivity contribution < 1.29 is 37.3 Å². The maximum absolute atomic E-state index is 12.9. The summed E-state index contributed by atoms with van der Waals surface area (Å²) in [7, 11) is 4.31. The normalized spacial score (nSPS) is 11.7. The molecule has 2 rings (SSSR count). The Morgan fingerprint density at radius 1 is 0.906 bits per heavy atom. The molecular formula is C22H26F2N2O6. The summed E-state index contributed by atoms with van der Waals surface area (Å²) >= 11 is 0. The van der Waals surface area contributed by atoms with E-state index >= 15 is 0 Å². The van der Waals surface area contributed by atoms with Gasteiger partial charge in [0, 0.05) is 11.3 Å². The first-order valence-electron chi connectivity index (χ1n) is 9.66. The molecular weight excluding hydrogens is 426 g/mol. The zero-order valence-corrected chi connectivity index (χ0v) is 18.4. The van der Waals surface area contributed by atoms with Crippen LogP contribution in [0.5, 0.6) is 23.0 Å². The molecule has 0 saturated heterocycles. The van der Waals surface area contributed by atoms with Crippen molar-refractivity contribution in [2.75, 3.05) is 26.6 Å². The molecule has 174 valence electrons. The molecule has 2 amide bonds. The molecule has 0 bridgehead atoms. The average molecular weight is 452 g/mol. The van der Waals surface area contributed by atoms with E-state index in [2.05, 4.69) is 15.4 Å². The van der Waals surface area contributed by atoms with Crippen LogP contribution in [-0.4, -0.2) is 45.8 Å². The Labute approximate surface area is 184 Å². The van der Waals surface area contributed by atoms with E-state index in [9.17, 15) is 18.4 Å². The zero-order chi connectivity index (χ0) is 23.8. The summed E-state index contributed by atoms with van der Waals surface area (Å²) in [5, 5.41) is 5.36. The molecule has 2 aromatic carbocycles. The lowest BCUT2D eigenvalue weighted by atomic mass is 10.0. The molecule has 8 nitrogen and oxygen atoms in total. The highest BCUT2D eigenvalue weighted by molar-refractivity contribution is 6.01. The third-order valence-electron chi connectivity index (χ3n) is 4.51. The first-order valence-corrected chi connectivity index (χ1v) is 9.66. The van der Waals surface area contributed by atoms with E-state index in [1.165, 1.54) is 57.7 Å². The molecule has 0 aliphatic heterocycles. The monoisotopic (exact) mass is 452 g/mol. The van der Waals surface area contributed by atoms with Gasteiger partial charge in [-0.1, -0.05) is 13.8 Å². The zero-order valence-electron chi connectivity index (χ0n) is 18.4. The topological polar surface area (TPSA) is 95.1 Å². The average Bonchev–Trinajstić information content (AvgIpc) is 2.76. The highest BCUT2D eigenvalue weighted by Crippen LogP contribution is 2.38. The van der Waals surface area contributed by atoms with Gasteiger partial charge in [0.25, 0.3) is 5.91 Å². The van der Waals surface area contributed by atoms with E-state index in [1.807, 2.05) is 0 Å². The molecule has 0 spiro atoms. The van der Waals surface area contributed by atoms with Crippen LogP contribution in [0.15, 0.2) is 36.4 Å². The smallest absolute Gasteiger partial charge is 0.387 e. The fraction of sp³-hybridized carbons (Fsp3) is 0.364. The van der Waals surface area contributed by atoms with E-state index in [0.29, 0.717) is 22.9 Å². The number of methoxy groups -OCH3 is 3. The molecule has 2 N–H and O–H groups in total. The molecule has 0 aromatic heterocycles. The highest BCUT2D eigenvalue weighted by Gasteiger charge is 2.26. The summed E-state index contributed by atoms with van der Waals surface area (Å²) in [6, 6.07) is 7.55. The number of benzene rings is 2. The van der Waals surface area contributed by atoms with Crippen LogP contribution in [0.25, 0.3) is 0 Å². The van der Waals surface area contributed by atoms with E-state index in [4.69, 9.17) is 14.2 Å². The van der Waals surface area contributed by atoms with Crippen LogP contribution in [0, 0.1) is 5.92 Å². The van der Waals surface area contributed by atoms with Crippen LogP contribution >= 0.6 is 0 Å². The molecule has 1 unspecified atom stereocenters. The van der Waals surface area contributed by atoms with Gasteiger partial charge in [0.15, 0.2) is 11.5 Å². The van der Waals surface area contributed by atoms with Gasteiger partial charge in [0.05, 0.1) is 21.3 Å². The predicted octanol–water partition coefficient (Wildman–Crippen LogP) is 3.71. The van der Waals surface area contributed by atoms with Crippen molar-refractivity contribution >= 4 is 17.5 Å². The number of carbonyl (C=O) groups excluding carboxylic acids is 2. The first-order chi connectivity index (χ1) is 15.2. The van der Waals surface area contributed by atoms with Gasteiger partial charge in [-0.15, -0.1) is 0 Å². The second kappa shape index (κ2) is 11.2. The van der Waals surface area contributed by atoms with Crippen LogP contribution in [0.4, 0.5) is 14.5 Å². The van der Waals surface area contributed by atoms with Gasteiger partial charge >= 0.3 is 6.61 Å². The number of halogens is 2. The molecule has 2 aromatic rings. The van der Waals surface area contributed by atoms with E-state index < -0.39 is 24.5 Å². The lowest BCUT2D eigenvalue weighted by molar-refractivity contribution is -0.118. The molecule has 0 radical (unpaired) electrons. The number of hydrogen-bond acceptors (Lipinski definition) is 6. The van der Waals surface area contributed by atoms with Crippen molar-refractivity contribution in [3.8, 4) is 23.0 Å². The van der Waals surface area contributed by atoms with Gasteiger partial charge in [-0.3, -0.25) is 9.59 Å². The molecule has 32 heavy (non-hydrogen) atoms. The third kappa shape index (κ3) is 6.22. The summed E-state index contributed by atoms with van der Waals surface area (Å²) in [5.74, 6) is -0.329. The van der Waals surface area contributed by atoms with Crippen LogP contribution in [0.2, 0.25) is 0 Å². The minimum Gasteiger partial charge on any atom is -0.493 e. The maximum atomic E-state index is 12.9. The lowest BCUT2D eigenvalue weighted by Gasteiger charge is -2.22. The Kier molecular flexibility index (Phi) is 8.62. The standard InChI is InChI=1S/C22H26F2N2O6/c1-12(2)18(21(28)25-14-6-8-15(9-7-14)32-22(23)24)26-20(27)13-10-16(29-3)19(31-5)17(11-13)30-4/h6-12,18,22H,1-5H3,(H,25,28)(H,26,27). The summed E-state index contributed by atoms with van der Waals surface area (Å²) in [4.78, 5) is 25.7. The quantitative estimate of drug-likeness (QED) is 0.571. The number of alkyl halides is 2. The number of nitrogens with one attached hydrogen (secondary N) is 2. The molecule has 0 saturated carbocycles. The van der Waals surface area contributed by atoms with Gasteiger partial charge in [-0.25, -0.2) is 0 Å². The van der Waals surface area contributed by atoms with E-state index in [-0.39, 0.29) is 17.2 Å². The number of ether oxygens (including phenoxy) is 4. The van der Waals surface area contributed by atoms with Crippen molar-refractivity contribution in [3.05, 3.63) is 42.0 Å². The predicted molar refractivity (Wildman–Crippen MR) is 114 cm³/mol. The van der Waals surface area contributed by atoms with E-state index in [0.717, 1.165) is 0 Å². The molecule has 0 fully saturated rings. The van der Waals surface area contributed by atoms with Gasteiger partial charge in [-0.2, -0.15) is 8.78 Å². The first kappa shape index (κ1) is 24.7. The van der Waals surface area contributed by atoms with Crippen LogP contribution in [-0.2, 0) is 4.79 Å². The van der Waals surface area contributed by atoms with Crippen LogP contribution in [0.3, 0.4) is 0 Å².